The second-order valence-corrected chi connectivity index (χ2v) is 6.27. The minimum atomic E-state index is 0.233. The van der Waals surface area contributed by atoms with Crippen molar-refractivity contribution in [2.75, 3.05) is 6.61 Å². The summed E-state index contributed by atoms with van der Waals surface area (Å²) in [7, 11) is 0. The van der Waals surface area contributed by atoms with Crippen LogP contribution < -0.4 is 4.74 Å². The Labute approximate surface area is 141 Å². The van der Waals surface area contributed by atoms with Crippen LogP contribution in [0.3, 0.4) is 0 Å². The lowest BCUT2D eigenvalue weighted by Gasteiger charge is -2.05. The first-order valence-corrected chi connectivity index (χ1v) is 8.34. The van der Waals surface area contributed by atoms with Gasteiger partial charge >= 0.3 is 0 Å². The Morgan fingerprint density at radius 2 is 1.61 bits per heavy atom. The highest BCUT2D eigenvalue weighted by Gasteiger charge is 1.95. The summed E-state index contributed by atoms with van der Waals surface area (Å²) in [5.74, 6) is 0.931. The summed E-state index contributed by atoms with van der Waals surface area (Å²) in [6.07, 6.45) is 11.2. The van der Waals surface area contributed by atoms with Gasteiger partial charge in [0.2, 0.25) is 0 Å². The van der Waals surface area contributed by atoms with Gasteiger partial charge in [0.1, 0.15) is 18.1 Å². The molecule has 1 rings (SSSR count). The van der Waals surface area contributed by atoms with Crippen LogP contribution in [0.15, 0.2) is 59.2 Å². The zero-order valence-corrected chi connectivity index (χ0v) is 14.9. The van der Waals surface area contributed by atoms with Gasteiger partial charge in [-0.25, -0.2) is 0 Å². The Hall–Kier alpha value is -1.96. The molecule has 0 radical (unpaired) electrons. The summed E-state index contributed by atoms with van der Waals surface area (Å²) in [6, 6.07) is 6.90. The molecule has 0 saturated heterocycles. The van der Waals surface area contributed by atoms with Crippen LogP contribution in [0.4, 0.5) is 0 Å². The summed E-state index contributed by atoms with van der Waals surface area (Å²) in [6.45, 7) is 9.18. The van der Waals surface area contributed by atoms with Gasteiger partial charge in [0.15, 0.2) is 0 Å². The molecule has 0 aliphatic rings. The summed E-state index contributed by atoms with van der Waals surface area (Å²) in [5.41, 5.74) is 4.19. The summed E-state index contributed by atoms with van der Waals surface area (Å²) in [5, 5.41) is 9.38. The molecule has 0 aliphatic carbocycles. The lowest BCUT2D eigenvalue weighted by molar-refractivity contribution is 0.358. The third-order valence-electron chi connectivity index (χ3n) is 3.62. The summed E-state index contributed by atoms with van der Waals surface area (Å²) < 4.78 is 5.60. The number of ether oxygens (including phenoxy) is 1. The molecule has 0 heterocycles. The van der Waals surface area contributed by atoms with E-state index >= 15 is 0 Å². The number of aromatic hydroxyl groups is 1. The third kappa shape index (κ3) is 9.62. The quantitative estimate of drug-likeness (QED) is 0.551. The third-order valence-corrected chi connectivity index (χ3v) is 3.62. The van der Waals surface area contributed by atoms with E-state index in [4.69, 9.17) is 4.74 Å². The highest BCUT2D eigenvalue weighted by molar-refractivity contribution is 5.31. The molecule has 0 atom stereocenters. The van der Waals surface area contributed by atoms with Gasteiger partial charge in [0.25, 0.3) is 0 Å². The number of phenols is 1. The standard InChI is InChI=1S/C21H30O2/c1-17(2)8-5-9-18(3)10-6-11-19(4)14-15-23-21-13-7-12-20(22)16-21/h7-8,10,12-14,16,22H,5-6,9,11,15H2,1-4H3. The highest BCUT2D eigenvalue weighted by atomic mass is 16.5. The minimum absolute atomic E-state index is 0.233. The fourth-order valence-corrected chi connectivity index (χ4v) is 2.19. The molecule has 1 N–H and O–H groups in total. The van der Waals surface area contributed by atoms with Gasteiger partial charge in [-0.15, -0.1) is 0 Å². The fraction of sp³-hybridized carbons (Fsp3) is 0.429. The predicted molar refractivity (Wildman–Crippen MR) is 99.0 cm³/mol. The van der Waals surface area contributed by atoms with E-state index in [1.54, 1.807) is 18.2 Å². The van der Waals surface area contributed by atoms with Gasteiger partial charge in [0.05, 0.1) is 0 Å². The number of phenolic OH excluding ortho intramolecular Hbond substituents is 1. The van der Waals surface area contributed by atoms with Crippen molar-refractivity contribution in [2.45, 2.75) is 53.4 Å². The molecule has 0 unspecified atom stereocenters. The van der Waals surface area contributed by atoms with Crippen LogP contribution in [0.2, 0.25) is 0 Å². The molecule has 126 valence electrons. The van der Waals surface area contributed by atoms with Crippen LogP contribution in [0.25, 0.3) is 0 Å². The van der Waals surface area contributed by atoms with E-state index in [1.165, 1.54) is 16.7 Å². The molecule has 1 aromatic rings. The first-order valence-electron chi connectivity index (χ1n) is 8.34. The number of hydrogen-bond donors (Lipinski definition) is 1. The Bertz CT molecular complexity index is 561. The van der Waals surface area contributed by atoms with Crippen LogP contribution in [0.5, 0.6) is 11.5 Å². The molecule has 2 heteroatoms. The maximum Gasteiger partial charge on any atom is 0.123 e. The Kier molecular flexibility index (Phi) is 8.89. The van der Waals surface area contributed by atoms with Gasteiger partial charge in [-0.1, -0.05) is 34.9 Å². The van der Waals surface area contributed by atoms with Gasteiger partial charge in [0, 0.05) is 6.07 Å². The van der Waals surface area contributed by atoms with Gasteiger partial charge in [-0.2, -0.15) is 0 Å². The second-order valence-electron chi connectivity index (χ2n) is 6.27. The van der Waals surface area contributed by atoms with Crippen LogP contribution >= 0.6 is 0 Å². The van der Waals surface area contributed by atoms with Crippen molar-refractivity contribution in [3.8, 4) is 11.5 Å². The van der Waals surface area contributed by atoms with Gasteiger partial charge in [-0.05, 0) is 71.6 Å². The van der Waals surface area contributed by atoms with E-state index in [2.05, 4.69) is 45.9 Å². The zero-order valence-electron chi connectivity index (χ0n) is 14.9. The normalized spacial score (nSPS) is 12.2. The Balaban J connectivity index is 2.27. The maximum atomic E-state index is 9.38. The molecular formula is C21H30O2. The van der Waals surface area contributed by atoms with E-state index in [9.17, 15) is 5.11 Å². The van der Waals surface area contributed by atoms with Crippen molar-refractivity contribution in [3.63, 3.8) is 0 Å². The molecule has 0 spiro atoms. The lowest BCUT2D eigenvalue weighted by atomic mass is 10.1. The monoisotopic (exact) mass is 314 g/mol. The number of allylic oxidation sites excluding steroid dienone is 5. The van der Waals surface area contributed by atoms with Gasteiger partial charge in [-0.3, -0.25) is 0 Å². The van der Waals surface area contributed by atoms with Crippen molar-refractivity contribution < 1.29 is 9.84 Å². The summed E-state index contributed by atoms with van der Waals surface area (Å²) >= 11 is 0. The van der Waals surface area contributed by atoms with Crippen molar-refractivity contribution in [3.05, 3.63) is 59.2 Å². The number of hydrogen-bond acceptors (Lipinski definition) is 2. The Morgan fingerprint density at radius 3 is 2.26 bits per heavy atom. The molecule has 0 fully saturated rings. The molecule has 23 heavy (non-hydrogen) atoms. The molecule has 0 bridgehead atoms. The molecule has 1 aromatic carbocycles. The van der Waals surface area contributed by atoms with E-state index in [0.29, 0.717) is 12.4 Å². The molecule has 0 saturated carbocycles. The molecule has 0 aliphatic heterocycles. The highest BCUT2D eigenvalue weighted by Crippen LogP contribution is 2.18. The van der Waals surface area contributed by atoms with E-state index < -0.39 is 0 Å². The van der Waals surface area contributed by atoms with Crippen LogP contribution in [-0.2, 0) is 0 Å². The van der Waals surface area contributed by atoms with Crippen molar-refractivity contribution in [1.82, 2.24) is 0 Å². The fourth-order valence-electron chi connectivity index (χ4n) is 2.19. The number of rotatable bonds is 9. The van der Waals surface area contributed by atoms with Gasteiger partial charge < -0.3 is 9.84 Å². The van der Waals surface area contributed by atoms with Crippen molar-refractivity contribution in [2.24, 2.45) is 0 Å². The second kappa shape index (κ2) is 10.7. The van der Waals surface area contributed by atoms with Crippen molar-refractivity contribution >= 4 is 0 Å². The average Bonchev–Trinajstić information content (AvgIpc) is 2.47. The van der Waals surface area contributed by atoms with Crippen LogP contribution in [0.1, 0.15) is 53.4 Å². The first kappa shape index (κ1) is 19.1. The zero-order chi connectivity index (χ0) is 17.1. The van der Waals surface area contributed by atoms with E-state index in [1.807, 2.05) is 6.07 Å². The topological polar surface area (TPSA) is 29.5 Å². The van der Waals surface area contributed by atoms with E-state index in [-0.39, 0.29) is 5.75 Å². The maximum absolute atomic E-state index is 9.38. The number of benzene rings is 1. The summed E-state index contributed by atoms with van der Waals surface area (Å²) in [4.78, 5) is 0. The molecule has 0 aromatic heterocycles. The smallest absolute Gasteiger partial charge is 0.123 e. The Morgan fingerprint density at radius 1 is 0.957 bits per heavy atom. The van der Waals surface area contributed by atoms with E-state index in [0.717, 1.165) is 25.7 Å². The molecular weight excluding hydrogens is 284 g/mol. The molecule has 2 nitrogen and oxygen atoms in total. The first-order chi connectivity index (χ1) is 11.0. The lowest BCUT2D eigenvalue weighted by Crippen LogP contribution is -1.94. The predicted octanol–water partition coefficient (Wildman–Crippen LogP) is 6.19. The van der Waals surface area contributed by atoms with Crippen LogP contribution in [-0.4, -0.2) is 11.7 Å². The SMILES string of the molecule is CC(C)=CCCC(C)=CCCC(C)=CCOc1cccc(O)c1. The largest absolute Gasteiger partial charge is 0.508 e. The minimum Gasteiger partial charge on any atom is -0.508 e. The molecule has 0 amide bonds. The average molecular weight is 314 g/mol. The van der Waals surface area contributed by atoms with Crippen molar-refractivity contribution in [1.29, 1.82) is 0 Å². The van der Waals surface area contributed by atoms with Crippen LogP contribution in [0, 0.1) is 0 Å².